The summed E-state index contributed by atoms with van der Waals surface area (Å²) in [6.45, 7) is 2.69. The Morgan fingerprint density at radius 2 is 1.85 bits per heavy atom. The number of aromatic nitrogens is 2. The van der Waals surface area contributed by atoms with Crippen LogP contribution in [0.15, 0.2) is 60.8 Å². The number of para-hydroxylation sites is 1. The van der Waals surface area contributed by atoms with Crippen LogP contribution < -0.4 is 0 Å². The lowest BCUT2D eigenvalue weighted by Crippen LogP contribution is -2.28. The van der Waals surface area contributed by atoms with Crippen molar-refractivity contribution in [2.24, 2.45) is 0 Å². The van der Waals surface area contributed by atoms with E-state index in [1.807, 2.05) is 55.2 Å². The van der Waals surface area contributed by atoms with Crippen molar-refractivity contribution in [1.29, 1.82) is 5.26 Å². The van der Waals surface area contributed by atoms with Crippen LogP contribution in [0, 0.1) is 17.1 Å². The summed E-state index contributed by atoms with van der Waals surface area (Å²) >= 11 is 0. The molecule has 2 aromatic carbocycles. The highest BCUT2D eigenvalue weighted by Gasteiger charge is 2.16. The van der Waals surface area contributed by atoms with Crippen molar-refractivity contribution in [1.82, 2.24) is 14.7 Å². The SMILES string of the molecule is CC(CC#N)N(C)Cc1cn(-c2ccccc2)nc1-c1ccc(F)cc1. The normalized spacial score (nSPS) is 12.1. The molecule has 132 valence electrons. The molecule has 1 heterocycles. The number of nitriles is 1. The van der Waals surface area contributed by atoms with Gasteiger partial charge in [0.2, 0.25) is 0 Å². The molecule has 0 fully saturated rings. The Kier molecular flexibility index (Phi) is 5.45. The number of nitrogens with zero attached hydrogens (tertiary/aromatic N) is 4. The molecule has 1 aromatic heterocycles. The summed E-state index contributed by atoms with van der Waals surface area (Å²) in [5, 5.41) is 13.7. The maximum Gasteiger partial charge on any atom is 0.123 e. The van der Waals surface area contributed by atoms with E-state index in [0.29, 0.717) is 13.0 Å². The first-order valence-electron chi connectivity index (χ1n) is 8.55. The van der Waals surface area contributed by atoms with Crippen LogP contribution in [0.1, 0.15) is 18.9 Å². The summed E-state index contributed by atoms with van der Waals surface area (Å²) in [6.07, 6.45) is 2.47. The summed E-state index contributed by atoms with van der Waals surface area (Å²) in [6, 6.07) is 18.6. The Morgan fingerprint density at radius 1 is 1.15 bits per heavy atom. The molecule has 4 nitrogen and oxygen atoms in total. The Balaban J connectivity index is 1.99. The van der Waals surface area contributed by atoms with Gasteiger partial charge in [-0.25, -0.2) is 9.07 Å². The maximum absolute atomic E-state index is 13.3. The van der Waals surface area contributed by atoms with Crippen LogP contribution in [0.3, 0.4) is 0 Å². The van der Waals surface area contributed by atoms with Gasteiger partial charge < -0.3 is 0 Å². The van der Waals surface area contributed by atoms with Crippen LogP contribution in [0.25, 0.3) is 16.9 Å². The lowest BCUT2D eigenvalue weighted by atomic mass is 10.1. The molecule has 0 aliphatic rings. The first kappa shape index (κ1) is 17.8. The zero-order valence-electron chi connectivity index (χ0n) is 14.9. The smallest absolute Gasteiger partial charge is 0.123 e. The third-order valence-electron chi connectivity index (χ3n) is 4.49. The zero-order valence-corrected chi connectivity index (χ0v) is 14.9. The maximum atomic E-state index is 13.3. The number of halogens is 1. The highest BCUT2D eigenvalue weighted by molar-refractivity contribution is 5.63. The fraction of sp³-hybridized carbons (Fsp3) is 0.238. The molecule has 0 amide bonds. The fourth-order valence-corrected chi connectivity index (χ4v) is 2.80. The molecule has 0 N–H and O–H groups in total. The van der Waals surface area contributed by atoms with Crippen LogP contribution in [-0.4, -0.2) is 27.8 Å². The second-order valence-corrected chi connectivity index (χ2v) is 6.42. The topological polar surface area (TPSA) is 44.9 Å². The van der Waals surface area contributed by atoms with Crippen LogP contribution in [0.2, 0.25) is 0 Å². The molecule has 0 saturated carbocycles. The molecule has 26 heavy (non-hydrogen) atoms. The van der Waals surface area contributed by atoms with E-state index in [1.165, 1.54) is 12.1 Å². The van der Waals surface area contributed by atoms with Crippen LogP contribution in [0.4, 0.5) is 4.39 Å². The lowest BCUT2D eigenvalue weighted by Gasteiger charge is -2.22. The summed E-state index contributed by atoms with van der Waals surface area (Å²) in [4.78, 5) is 2.13. The predicted molar refractivity (Wildman–Crippen MR) is 100 cm³/mol. The monoisotopic (exact) mass is 348 g/mol. The highest BCUT2D eigenvalue weighted by atomic mass is 19.1. The van der Waals surface area contributed by atoms with Gasteiger partial charge in [-0.2, -0.15) is 10.4 Å². The third-order valence-corrected chi connectivity index (χ3v) is 4.49. The molecule has 0 radical (unpaired) electrons. The van der Waals surface area contributed by atoms with Gasteiger partial charge in [-0.15, -0.1) is 0 Å². The number of hydrogen-bond donors (Lipinski definition) is 0. The van der Waals surface area contributed by atoms with Crippen molar-refractivity contribution in [3.63, 3.8) is 0 Å². The van der Waals surface area contributed by atoms with Gasteiger partial charge in [0.1, 0.15) is 5.82 Å². The van der Waals surface area contributed by atoms with Gasteiger partial charge in [-0.3, -0.25) is 4.90 Å². The van der Waals surface area contributed by atoms with Crippen molar-refractivity contribution < 1.29 is 4.39 Å². The largest absolute Gasteiger partial charge is 0.298 e. The van der Waals surface area contributed by atoms with Gasteiger partial charge in [0, 0.05) is 29.9 Å². The summed E-state index contributed by atoms with van der Waals surface area (Å²) < 4.78 is 15.2. The Hall–Kier alpha value is -2.97. The number of hydrogen-bond acceptors (Lipinski definition) is 3. The van der Waals surface area contributed by atoms with E-state index in [0.717, 1.165) is 22.5 Å². The molecule has 1 atom stereocenters. The van der Waals surface area contributed by atoms with Crippen LogP contribution in [-0.2, 0) is 6.54 Å². The average Bonchev–Trinajstić information content (AvgIpc) is 3.07. The third kappa shape index (κ3) is 3.98. The molecule has 1 unspecified atom stereocenters. The van der Waals surface area contributed by atoms with Crippen molar-refractivity contribution in [3.05, 3.63) is 72.2 Å². The highest BCUT2D eigenvalue weighted by Crippen LogP contribution is 2.25. The van der Waals surface area contributed by atoms with Gasteiger partial charge in [0.25, 0.3) is 0 Å². The summed E-state index contributed by atoms with van der Waals surface area (Å²) in [5.74, 6) is -0.266. The fourth-order valence-electron chi connectivity index (χ4n) is 2.80. The van der Waals surface area contributed by atoms with E-state index < -0.39 is 0 Å². The standard InChI is InChI=1S/C21H21FN4/c1-16(12-13-23)25(2)14-18-15-26(20-6-4-3-5-7-20)24-21(18)17-8-10-19(22)11-9-17/h3-11,15-16H,12,14H2,1-2H3. The minimum Gasteiger partial charge on any atom is -0.298 e. The molecule has 0 aliphatic carbocycles. The van der Waals surface area contributed by atoms with Gasteiger partial charge in [0.15, 0.2) is 0 Å². The van der Waals surface area contributed by atoms with Crippen molar-refractivity contribution in [3.8, 4) is 23.0 Å². The Labute approximate surface area is 153 Å². The second-order valence-electron chi connectivity index (χ2n) is 6.42. The van der Waals surface area contributed by atoms with Crippen molar-refractivity contribution >= 4 is 0 Å². The molecule has 0 spiro atoms. The molecule has 0 aliphatic heterocycles. The molecular weight excluding hydrogens is 327 g/mol. The lowest BCUT2D eigenvalue weighted by molar-refractivity contribution is 0.253. The van der Waals surface area contributed by atoms with Crippen molar-refractivity contribution in [2.45, 2.75) is 25.9 Å². The summed E-state index contributed by atoms with van der Waals surface area (Å²) in [5.41, 5.74) is 3.70. The zero-order chi connectivity index (χ0) is 18.5. The molecule has 0 bridgehead atoms. The molecule has 0 saturated heterocycles. The molecule has 3 aromatic rings. The van der Waals surface area contributed by atoms with E-state index in [9.17, 15) is 4.39 Å². The van der Waals surface area contributed by atoms with E-state index in [2.05, 4.69) is 11.0 Å². The van der Waals surface area contributed by atoms with Gasteiger partial charge in [-0.05, 0) is 50.4 Å². The second kappa shape index (κ2) is 7.94. The Bertz CT molecular complexity index is 894. The molecule has 3 rings (SSSR count). The minimum absolute atomic E-state index is 0.140. The quantitative estimate of drug-likeness (QED) is 0.663. The Morgan fingerprint density at radius 3 is 2.50 bits per heavy atom. The van der Waals surface area contributed by atoms with E-state index >= 15 is 0 Å². The van der Waals surface area contributed by atoms with Gasteiger partial charge >= 0.3 is 0 Å². The average molecular weight is 348 g/mol. The number of rotatable bonds is 6. The van der Waals surface area contributed by atoms with Gasteiger partial charge in [-0.1, -0.05) is 18.2 Å². The first-order chi connectivity index (χ1) is 12.6. The first-order valence-corrected chi connectivity index (χ1v) is 8.55. The predicted octanol–water partition coefficient (Wildman–Crippen LogP) is 4.41. The minimum atomic E-state index is -0.266. The van der Waals surface area contributed by atoms with E-state index in [1.54, 1.807) is 12.1 Å². The van der Waals surface area contributed by atoms with Crippen LogP contribution in [0.5, 0.6) is 0 Å². The number of benzene rings is 2. The van der Waals surface area contributed by atoms with E-state index in [4.69, 9.17) is 10.4 Å². The molecular formula is C21H21FN4. The molecule has 5 heteroatoms. The van der Waals surface area contributed by atoms with E-state index in [-0.39, 0.29) is 11.9 Å². The van der Waals surface area contributed by atoms with Crippen molar-refractivity contribution in [2.75, 3.05) is 7.05 Å². The van der Waals surface area contributed by atoms with Gasteiger partial charge in [0.05, 0.1) is 23.9 Å². The summed E-state index contributed by atoms with van der Waals surface area (Å²) in [7, 11) is 2.00. The van der Waals surface area contributed by atoms with Crippen LogP contribution >= 0.6 is 0 Å².